The number of ether oxygens (including phenoxy) is 1. The molecule has 1 N–H and O–H groups in total. The third kappa shape index (κ3) is 2.40. The van der Waals surface area contributed by atoms with Crippen LogP contribution in [0, 0.1) is 11.3 Å². The number of nitriles is 1. The predicted molar refractivity (Wildman–Crippen MR) is 70.1 cm³/mol. The highest BCUT2D eigenvalue weighted by Crippen LogP contribution is 2.33. The van der Waals surface area contributed by atoms with Gasteiger partial charge in [-0.2, -0.15) is 5.26 Å². The topological polar surface area (TPSA) is 70.3 Å². The Kier molecular flexibility index (Phi) is 3.48. The van der Waals surface area contributed by atoms with Crippen molar-refractivity contribution in [2.24, 2.45) is 0 Å². The van der Waals surface area contributed by atoms with Crippen molar-refractivity contribution in [3.8, 4) is 22.9 Å². The van der Waals surface area contributed by atoms with Crippen molar-refractivity contribution in [1.82, 2.24) is 0 Å². The minimum atomic E-state index is -1.01. The van der Waals surface area contributed by atoms with Crippen LogP contribution in [0.5, 0.6) is 5.75 Å². The summed E-state index contributed by atoms with van der Waals surface area (Å²) in [5.74, 6) is -0.479. The predicted octanol–water partition coefficient (Wildman–Crippen LogP) is 2.93. The molecule has 0 fully saturated rings. The van der Waals surface area contributed by atoms with Gasteiger partial charge < -0.3 is 9.84 Å². The van der Waals surface area contributed by atoms with Gasteiger partial charge in [-0.05, 0) is 29.8 Å². The van der Waals surface area contributed by atoms with Gasteiger partial charge in [-0.3, -0.25) is 0 Å². The Balaban J connectivity index is 2.71. The second kappa shape index (κ2) is 5.23. The van der Waals surface area contributed by atoms with Crippen LogP contribution in [0.2, 0.25) is 0 Å². The lowest BCUT2D eigenvalue weighted by Gasteiger charge is -2.11. The average Bonchev–Trinajstić information content (AvgIpc) is 2.46. The molecule has 0 amide bonds. The lowest BCUT2D eigenvalue weighted by molar-refractivity contribution is 0.0697. The van der Waals surface area contributed by atoms with Crippen LogP contribution < -0.4 is 4.74 Å². The molecule has 0 radical (unpaired) electrons. The van der Waals surface area contributed by atoms with Crippen molar-refractivity contribution in [3.05, 3.63) is 53.6 Å². The first kappa shape index (κ1) is 12.7. The Hall–Kier alpha value is -2.80. The molecule has 0 saturated heterocycles. The molecule has 2 aromatic rings. The Morgan fingerprint density at radius 3 is 2.58 bits per heavy atom. The van der Waals surface area contributed by atoms with Crippen LogP contribution in [0.25, 0.3) is 11.1 Å². The first-order chi connectivity index (χ1) is 9.17. The number of carbonyl (C=O) groups is 1. The van der Waals surface area contributed by atoms with Gasteiger partial charge in [0.2, 0.25) is 0 Å². The summed E-state index contributed by atoms with van der Waals surface area (Å²) in [7, 11) is 1.51. The van der Waals surface area contributed by atoms with E-state index in [1.54, 1.807) is 36.4 Å². The van der Waals surface area contributed by atoms with E-state index in [4.69, 9.17) is 10.00 Å². The maximum atomic E-state index is 11.2. The molecule has 4 heteroatoms. The van der Waals surface area contributed by atoms with Gasteiger partial charge in [-0.1, -0.05) is 18.2 Å². The quantitative estimate of drug-likeness (QED) is 0.912. The van der Waals surface area contributed by atoms with Crippen molar-refractivity contribution in [2.75, 3.05) is 7.11 Å². The van der Waals surface area contributed by atoms with Crippen LogP contribution in [0.3, 0.4) is 0 Å². The SMILES string of the molecule is COc1ccc(C#N)cc1-c1ccccc1C(=O)O. The molecule has 0 bridgehead atoms. The van der Waals surface area contributed by atoms with E-state index in [1.165, 1.54) is 13.2 Å². The summed E-state index contributed by atoms with van der Waals surface area (Å²) in [6.45, 7) is 0. The molecule has 2 rings (SSSR count). The van der Waals surface area contributed by atoms with Gasteiger partial charge in [0, 0.05) is 5.56 Å². The lowest BCUT2D eigenvalue weighted by atomic mass is 9.97. The largest absolute Gasteiger partial charge is 0.496 e. The molecule has 0 aliphatic rings. The number of carboxylic acid groups (broad SMARTS) is 1. The minimum absolute atomic E-state index is 0.177. The maximum absolute atomic E-state index is 11.2. The summed E-state index contributed by atoms with van der Waals surface area (Å²) in [5, 5.41) is 18.2. The number of rotatable bonds is 3. The summed E-state index contributed by atoms with van der Waals surface area (Å²) < 4.78 is 5.23. The summed E-state index contributed by atoms with van der Waals surface area (Å²) >= 11 is 0. The van der Waals surface area contributed by atoms with Crippen LogP contribution in [0.1, 0.15) is 15.9 Å². The first-order valence-corrected chi connectivity index (χ1v) is 5.58. The second-order valence-corrected chi connectivity index (χ2v) is 3.88. The van der Waals surface area contributed by atoms with E-state index in [-0.39, 0.29) is 5.56 Å². The Bertz CT molecular complexity index is 671. The van der Waals surface area contributed by atoms with E-state index >= 15 is 0 Å². The molecule has 0 aromatic heterocycles. The van der Waals surface area contributed by atoms with E-state index in [9.17, 15) is 9.90 Å². The van der Waals surface area contributed by atoms with Crippen LogP contribution in [0.15, 0.2) is 42.5 Å². The van der Waals surface area contributed by atoms with Gasteiger partial charge in [0.15, 0.2) is 0 Å². The van der Waals surface area contributed by atoms with Crippen molar-refractivity contribution < 1.29 is 14.6 Å². The van der Waals surface area contributed by atoms with Gasteiger partial charge in [0.05, 0.1) is 24.3 Å². The molecular formula is C15H11NO3. The number of methoxy groups -OCH3 is 1. The molecule has 19 heavy (non-hydrogen) atoms. The van der Waals surface area contributed by atoms with E-state index in [0.29, 0.717) is 22.4 Å². The van der Waals surface area contributed by atoms with Crippen molar-refractivity contribution in [3.63, 3.8) is 0 Å². The van der Waals surface area contributed by atoms with E-state index in [2.05, 4.69) is 0 Å². The van der Waals surface area contributed by atoms with E-state index < -0.39 is 5.97 Å². The molecule has 0 aliphatic carbocycles. The summed E-state index contributed by atoms with van der Waals surface area (Å²) in [5.41, 5.74) is 1.76. The Labute approximate surface area is 110 Å². The minimum Gasteiger partial charge on any atom is -0.496 e. The van der Waals surface area contributed by atoms with Crippen LogP contribution in [-0.4, -0.2) is 18.2 Å². The molecule has 0 atom stereocenters. The fourth-order valence-electron chi connectivity index (χ4n) is 1.89. The summed E-state index contributed by atoms with van der Waals surface area (Å²) in [6.07, 6.45) is 0. The molecular weight excluding hydrogens is 242 g/mol. The Morgan fingerprint density at radius 2 is 1.95 bits per heavy atom. The molecule has 0 spiro atoms. The van der Waals surface area contributed by atoms with Gasteiger partial charge in [0.25, 0.3) is 0 Å². The highest BCUT2D eigenvalue weighted by atomic mass is 16.5. The third-order valence-corrected chi connectivity index (χ3v) is 2.78. The monoisotopic (exact) mass is 253 g/mol. The number of hydrogen-bond acceptors (Lipinski definition) is 3. The molecule has 0 aliphatic heterocycles. The van der Waals surface area contributed by atoms with Crippen LogP contribution >= 0.6 is 0 Å². The highest BCUT2D eigenvalue weighted by Gasteiger charge is 2.14. The lowest BCUT2D eigenvalue weighted by Crippen LogP contribution is -2.00. The number of carboxylic acids is 1. The smallest absolute Gasteiger partial charge is 0.336 e. The van der Waals surface area contributed by atoms with Crippen LogP contribution in [-0.2, 0) is 0 Å². The Morgan fingerprint density at radius 1 is 1.21 bits per heavy atom. The molecule has 2 aromatic carbocycles. The molecule has 0 unspecified atom stereocenters. The highest BCUT2D eigenvalue weighted by molar-refractivity contribution is 5.97. The van der Waals surface area contributed by atoms with Gasteiger partial charge in [0.1, 0.15) is 5.75 Å². The van der Waals surface area contributed by atoms with Gasteiger partial charge in [-0.25, -0.2) is 4.79 Å². The summed E-state index contributed by atoms with van der Waals surface area (Å²) in [6, 6.07) is 13.6. The fraction of sp³-hybridized carbons (Fsp3) is 0.0667. The van der Waals surface area contributed by atoms with E-state index in [0.717, 1.165) is 0 Å². The van der Waals surface area contributed by atoms with Crippen LogP contribution in [0.4, 0.5) is 0 Å². The normalized spacial score (nSPS) is 9.68. The van der Waals surface area contributed by atoms with Gasteiger partial charge in [-0.15, -0.1) is 0 Å². The zero-order chi connectivity index (χ0) is 13.8. The van der Waals surface area contributed by atoms with Gasteiger partial charge >= 0.3 is 5.97 Å². The van der Waals surface area contributed by atoms with E-state index in [1.807, 2.05) is 6.07 Å². The summed E-state index contributed by atoms with van der Waals surface area (Å²) in [4.78, 5) is 11.2. The average molecular weight is 253 g/mol. The molecule has 94 valence electrons. The molecule has 4 nitrogen and oxygen atoms in total. The molecule has 0 saturated carbocycles. The zero-order valence-electron chi connectivity index (χ0n) is 10.3. The number of benzene rings is 2. The number of nitrogens with zero attached hydrogens (tertiary/aromatic N) is 1. The maximum Gasteiger partial charge on any atom is 0.336 e. The fourth-order valence-corrected chi connectivity index (χ4v) is 1.89. The van der Waals surface area contributed by atoms with Crippen molar-refractivity contribution in [2.45, 2.75) is 0 Å². The second-order valence-electron chi connectivity index (χ2n) is 3.88. The third-order valence-electron chi connectivity index (χ3n) is 2.78. The number of aromatic carboxylic acids is 1. The standard InChI is InChI=1S/C15H11NO3/c1-19-14-7-6-10(9-16)8-13(14)11-4-2-3-5-12(11)15(17)18/h2-8H,1H3,(H,17,18). The van der Waals surface area contributed by atoms with Crippen molar-refractivity contribution >= 4 is 5.97 Å². The molecule has 0 heterocycles. The first-order valence-electron chi connectivity index (χ1n) is 5.58. The zero-order valence-corrected chi connectivity index (χ0v) is 10.3. The van der Waals surface area contributed by atoms with Crippen molar-refractivity contribution in [1.29, 1.82) is 5.26 Å². The number of hydrogen-bond donors (Lipinski definition) is 1.